The lowest BCUT2D eigenvalue weighted by atomic mass is 10.0. The van der Waals surface area contributed by atoms with Crippen molar-refractivity contribution in [2.24, 2.45) is 5.92 Å². The van der Waals surface area contributed by atoms with Gasteiger partial charge in [0.1, 0.15) is 6.04 Å². The predicted octanol–water partition coefficient (Wildman–Crippen LogP) is 2.96. The summed E-state index contributed by atoms with van der Waals surface area (Å²) in [5.74, 6) is -0.724. The van der Waals surface area contributed by atoms with E-state index < -0.39 is 12.0 Å². The molecule has 17 heavy (non-hydrogen) atoms. The second kappa shape index (κ2) is 6.17. The molecule has 94 valence electrons. The maximum atomic E-state index is 11.0. The Labute approximate surface area is 110 Å². The fraction of sp³-hybridized carbons (Fsp3) is 0.462. The van der Waals surface area contributed by atoms with Crippen LogP contribution in [-0.2, 0) is 11.3 Å². The molecule has 0 spiro atoms. The number of hydrogen-bond acceptors (Lipinski definition) is 2. The van der Waals surface area contributed by atoms with Crippen LogP contribution in [0.3, 0.4) is 0 Å². The Bertz CT molecular complexity index is 404. The highest BCUT2D eigenvalue weighted by Crippen LogP contribution is 2.17. The van der Waals surface area contributed by atoms with Crippen LogP contribution >= 0.6 is 15.9 Å². The van der Waals surface area contributed by atoms with E-state index in [-0.39, 0.29) is 5.92 Å². The zero-order chi connectivity index (χ0) is 13.0. The van der Waals surface area contributed by atoms with Gasteiger partial charge in [-0.15, -0.1) is 0 Å². The predicted molar refractivity (Wildman–Crippen MR) is 72.0 cm³/mol. The summed E-state index contributed by atoms with van der Waals surface area (Å²) in [6.45, 7) is 6.39. The molecule has 0 aliphatic rings. The first-order valence-electron chi connectivity index (χ1n) is 5.63. The Morgan fingerprint density at radius 1 is 1.47 bits per heavy atom. The molecule has 1 aromatic rings. The molecule has 0 radical (unpaired) electrons. The third kappa shape index (κ3) is 4.13. The third-order valence-electron chi connectivity index (χ3n) is 2.68. The molecule has 1 atom stereocenters. The van der Waals surface area contributed by atoms with Gasteiger partial charge in [0.2, 0.25) is 0 Å². The van der Waals surface area contributed by atoms with E-state index in [0.29, 0.717) is 6.54 Å². The average Bonchev–Trinajstić information content (AvgIpc) is 2.22. The number of hydrogen-bond donors (Lipinski definition) is 2. The summed E-state index contributed by atoms with van der Waals surface area (Å²) in [5.41, 5.74) is 2.25. The van der Waals surface area contributed by atoms with E-state index in [1.165, 1.54) is 0 Å². The molecule has 0 aromatic heterocycles. The van der Waals surface area contributed by atoms with Gasteiger partial charge in [0.15, 0.2) is 0 Å². The third-order valence-corrected chi connectivity index (χ3v) is 3.57. The summed E-state index contributed by atoms with van der Waals surface area (Å²) in [6, 6.07) is 5.52. The maximum absolute atomic E-state index is 11.0. The topological polar surface area (TPSA) is 49.3 Å². The summed E-state index contributed by atoms with van der Waals surface area (Å²) in [5, 5.41) is 12.1. The fourth-order valence-electron chi connectivity index (χ4n) is 1.65. The lowest BCUT2D eigenvalue weighted by Crippen LogP contribution is -2.40. The number of nitrogens with one attached hydrogen (secondary N) is 1. The average molecular weight is 300 g/mol. The van der Waals surface area contributed by atoms with Gasteiger partial charge in [-0.1, -0.05) is 41.9 Å². The zero-order valence-corrected chi connectivity index (χ0v) is 11.9. The molecular weight excluding hydrogens is 282 g/mol. The monoisotopic (exact) mass is 299 g/mol. The maximum Gasteiger partial charge on any atom is 0.320 e. The Hall–Kier alpha value is -0.870. The summed E-state index contributed by atoms with van der Waals surface area (Å²) < 4.78 is 1.07. The first kappa shape index (κ1) is 14.2. The highest BCUT2D eigenvalue weighted by Gasteiger charge is 2.20. The summed E-state index contributed by atoms with van der Waals surface area (Å²) in [6.07, 6.45) is 0. The normalized spacial score (nSPS) is 12.8. The molecule has 1 rings (SSSR count). The molecule has 3 nitrogen and oxygen atoms in total. The van der Waals surface area contributed by atoms with Crippen LogP contribution in [0.4, 0.5) is 0 Å². The number of carbonyl (C=O) groups is 1. The second-order valence-electron chi connectivity index (χ2n) is 4.52. The minimum absolute atomic E-state index is 0.0732. The molecule has 0 aliphatic heterocycles. The van der Waals surface area contributed by atoms with E-state index in [0.717, 1.165) is 15.6 Å². The number of rotatable bonds is 5. The van der Waals surface area contributed by atoms with Gasteiger partial charge in [-0.2, -0.15) is 0 Å². The molecule has 0 amide bonds. The Balaban J connectivity index is 2.65. The standard InChI is InChI=1S/C13H18BrNO2/c1-8(2)12(13(16)17)15-7-10-4-5-11(14)9(3)6-10/h4-6,8,12,15H,7H2,1-3H3,(H,16,17)/t12-/m1/s1. The van der Waals surface area contributed by atoms with Gasteiger partial charge in [0.05, 0.1) is 0 Å². The van der Waals surface area contributed by atoms with Gasteiger partial charge in [-0.05, 0) is 30.0 Å². The molecule has 4 heteroatoms. The molecule has 0 heterocycles. The molecule has 0 saturated carbocycles. The van der Waals surface area contributed by atoms with E-state index in [2.05, 4.69) is 27.3 Å². The van der Waals surface area contributed by atoms with Crippen LogP contribution in [0.5, 0.6) is 0 Å². The van der Waals surface area contributed by atoms with Crippen molar-refractivity contribution in [1.82, 2.24) is 5.32 Å². The lowest BCUT2D eigenvalue weighted by molar-refractivity contribution is -0.140. The van der Waals surface area contributed by atoms with Crippen molar-refractivity contribution < 1.29 is 9.90 Å². The minimum Gasteiger partial charge on any atom is -0.480 e. The van der Waals surface area contributed by atoms with Crippen LogP contribution < -0.4 is 5.32 Å². The van der Waals surface area contributed by atoms with E-state index in [4.69, 9.17) is 5.11 Å². The number of aliphatic carboxylic acids is 1. The van der Waals surface area contributed by atoms with Crippen LogP contribution in [0.2, 0.25) is 0 Å². The Kier molecular flexibility index (Phi) is 5.15. The van der Waals surface area contributed by atoms with Gasteiger partial charge < -0.3 is 10.4 Å². The van der Waals surface area contributed by atoms with Crippen molar-refractivity contribution in [1.29, 1.82) is 0 Å². The SMILES string of the molecule is Cc1cc(CN[C@@H](C(=O)O)C(C)C)ccc1Br. The minimum atomic E-state index is -0.797. The van der Waals surface area contributed by atoms with E-state index in [1.807, 2.05) is 32.9 Å². The first-order chi connectivity index (χ1) is 7.91. The summed E-state index contributed by atoms with van der Waals surface area (Å²) in [4.78, 5) is 11.0. The summed E-state index contributed by atoms with van der Waals surface area (Å²) >= 11 is 3.44. The number of halogens is 1. The largest absolute Gasteiger partial charge is 0.480 e. The quantitative estimate of drug-likeness (QED) is 0.879. The Morgan fingerprint density at radius 3 is 2.59 bits per heavy atom. The molecule has 0 aliphatic carbocycles. The molecule has 0 fully saturated rings. The summed E-state index contributed by atoms with van der Waals surface area (Å²) in [7, 11) is 0. The number of benzene rings is 1. The van der Waals surface area contributed by atoms with E-state index in [1.54, 1.807) is 0 Å². The van der Waals surface area contributed by atoms with E-state index >= 15 is 0 Å². The van der Waals surface area contributed by atoms with Crippen LogP contribution in [0.25, 0.3) is 0 Å². The fourth-order valence-corrected chi connectivity index (χ4v) is 1.90. The smallest absolute Gasteiger partial charge is 0.320 e. The second-order valence-corrected chi connectivity index (χ2v) is 5.38. The van der Waals surface area contributed by atoms with Gasteiger partial charge in [-0.3, -0.25) is 4.79 Å². The van der Waals surface area contributed by atoms with Gasteiger partial charge in [-0.25, -0.2) is 0 Å². The van der Waals surface area contributed by atoms with Crippen molar-refractivity contribution in [2.75, 3.05) is 0 Å². The molecule has 2 N–H and O–H groups in total. The van der Waals surface area contributed by atoms with Gasteiger partial charge in [0, 0.05) is 11.0 Å². The highest BCUT2D eigenvalue weighted by atomic mass is 79.9. The van der Waals surface area contributed by atoms with Gasteiger partial charge >= 0.3 is 5.97 Å². The molecule has 1 aromatic carbocycles. The molecule has 0 saturated heterocycles. The van der Waals surface area contributed by atoms with Crippen LogP contribution in [0.1, 0.15) is 25.0 Å². The van der Waals surface area contributed by atoms with Crippen molar-refractivity contribution in [3.63, 3.8) is 0 Å². The van der Waals surface area contributed by atoms with Crippen LogP contribution in [0, 0.1) is 12.8 Å². The highest BCUT2D eigenvalue weighted by molar-refractivity contribution is 9.10. The van der Waals surface area contributed by atoms with Crippen molar-refractivity contribution in [2.45, 2.75) is 33.4 Å². The number of aryl methyl sites for hydroxylation is 1. The van der Waals surface area contributed by atoms with Crippen LogP contribution in [-0.4, -0.2) is 17.1 Å². The molecular formula is C13H18BrNO2. The van der Waals surface area contributed by atoms with Crippen molar-refractivity contribution in [3.05, 3.63) is 33.8 Å². The molecule has 0 unspecified atom stereocenters. The van der Waals surface area contributed by atoms with E-state index in [9.17, 15) is 4.79 Å². The van der Waals surface area contributed by atoms with Crippen LogP contribution in [0.15, 0.2) is 22.7 Å². The Morgan fingerprint density at radius 2 is 2.12 bits per heavy atom. The molecule has 0 bridgehead atoms. The zero-order valence-electron chi connectivity index (χ0n) is 10.3. The number of carboxylic acid groups (broad SMARTS) is 1. The van der Waals surface area contributed by atoms with Crippen molar-refractivity contribution in [3.8, 4) is 0 Å². The lowest BCUT2D eigenvalue weighted by Gasteiger charge is -2.18. The van der Waals surface area contributed by atoms with Crippen molar-refractivity contribution >= 4 is 21.9 Å². The first-order valence-corrected chi connectivity index (χ1v) is 6.42. The number of carboxylic acids is 1. The van der Waals surface area contributed by atoms with Gasteiger partial charge in [0.25, 0.3) is 0 Å².